The quantitative estimate of drug-likeness (QED) is 0.408. The molecular formula is C13H9Cl2Zr. The predicted molar refractivity (Wildman–Crippen MR) is 57.0 cm³/mol. The summed E-state index contributed by atoms with van der Waals surface area (Å²) in [6.07, 6.45) is 0. The molecule has 3 aromatic rings. The van der Waals surface area contributed by atoms with Crippen LogP contribution in [-0.2, 0) is 26.2 Å². The van der Waals surface area contributed by atoms with Crippen LogP contribution in [0.5, 0.6) is 0 Å². The van der Waals surface area contributed by atoms with Gasteiger partial charge < -0.3 is 24.8 Å². The monoisotopic (exact) mass is 325 g/mol. The summed E-state index contributed by atoms with van der Waals surface area (Å²) in [6.45, 7) is 0. The zero-order chi connectivity index (χ0) is 8.67. The van der Waals surface area contributed by atoms with Gasteiger partial charge in [-0.2, -0.15) is 0 Å². The van der Waals surface area contributed by atoms with Gasteiger partial charge in [0.2, 0.25) is 0 Å². The summed E-state index contributed by atoms with van der Waals surface area (Å²) in [7, 11) is 0. The van der Waals surface area contributed by atoms with E-state index in [0.29, 0.717) is 0 Å². The van der Waals surface area contributed by atoms with Gasteiger partial charge in [-0.15, -0.1) is 39.7 Å². The largest absolute Gasteiger partial charge is 3.00 e. The molecule has 0 spiro atoms. The van der Waals surface area contributed by atoms with E-state index in [2.05, 4.69) is 54.6 Å². The van der Waals surface area contributed by atoms with Crippen molar-refractivity contribution < 1.29 is 51.0 Å². The molecule has 0 atom stereocenters. The summed E-state index contributed by atoms with van der Waals surface area (Å²) >= 11 is 0. The molecule has 3 rings (SSSR count). The van der Waals surface area contributed by atoms with Gasteiger partial charge in [0.25, 0.3) is 0 Å². The van der Waals surface area contributed by atoms with Gasteiger partial charge in [0, 0.05) is 0 Å². The van der Waals surface area contributed by atoms with Crippen LogP contribution in [0.25, 0.3) is 21.5 Å². The minimum Gasteiger partial charge on any atom is -1.00 e. The minimum atomic E-state index is 0. The molecular weight excluding hydrogens is 318 g/mol. The molecule has 0 N–H and O–H groups in total. The van der Waals surface area contributed by atoms with Crippen molar-refractivity contribution in [2.45, 2.75) is 0 Å². The molecule has 0 aromatic heterocycles. The molecule has 16 heavy (non-hydrogen) atoms. The first-order valence-corrected chi connectivity index (χ1v) is 4.48. The van der Waals surface area contributed by atoms with Gasteiger partial charge in [-0.25, -0.2) is 0 Å². The average Bonchev–Trinajstić information content (AvgIpc) is 2.56. The number of halogens is 2. The maximum Gasteiger partial charge on any atom is 3.00 e. The van der Waals surface area contributed by atoms with Crippen LogP contribution in [0.4, 0.5) is 0 Å². The van der Waals surface area contributed by atoms with Crippen LogP contribution >= 0.6 is 0 Å². The van der Waals surface area contributed by atoms with Crippen molar-refractivity contribution >= 4 is 21.5 Å². The third kappa shape index (κ3) is 2.53. The second-order valence-electron chi connectivity index (χ2n) is 3.32. The molecule has 79 valence electrons. The summed E-state index contributed by atoms with van der Waals surface area (Å²) in [5, 5.41) is 5.39. The normalized spacial score (nSPS) is 9.00. The molecule has 0 heterocycles. The number of fused-ring (bicyclic) bond motifs is 3. The molecule has 0 fully saturated rings. The fourth-order valence-corrected chi connectivity index (χ4v) is 1.90. The van der Waals surface area contributed by atoms with Crippen molar-refractivity contribution in [2.24, 2.45) is 0 Å². The standard InChI is InChI=1S/C13H9.2ClH.Zr/c1-3-7-12-10(5-1)9-11-6-2-4-8-13(11)12;;;/h1-9H;2*1H;/q-1;;;+3/p-2. The van der Waals surface area contributed by atoms with E-state index in [1.54, 1.807) is 0 Å². The molecule has 1 radical (unpaired) electrons. The molecule has 0 aliphatic heterocycles. The first-order valence-electron chi connectivity index (χ1n) is 4.48. The van der Waals surface area contributed by atoms with E-state index in [9.17, 15) is 0 Å². The van der Waals surface area contributed by atoms with Gasteiger partial charge in [-0.05, 0) is 0 Å². The molecule has 0 unspecified atom stereocenters. The third-order valence-corrected chi connectivity index (χ3v) is 2.52. The van der Waals surface area contributed by atoms with Crippen LogP contribution in [-0.4, -0.2) is 0 Å². The topological polar surface area (TPSA) is 0 Å². The molecule has 0 nitrogen and oxygen atoms in total. The summed E-state index contributed by atoms with van der Waals surface area (Å²) in [4.78, 5) is 0. The van der Waals surface area contributed by atoms with Gasteiger partial charge in [-0.1, -0.05) is 36.4 Å². The summed E-state index contributed by atoms with van der Waals surface area (Å²) in [6, 6.07) is 19.3. The molecule has 0 amide bonds. The maximum absolute atomic E-state index is 2.24. The minimum absolute atomic E-state index is 0. The van der Waals surface area contributed by atoms with Crippen molar-refractivity contribution in [3.63, 3.8) is 0 Å². The number of hydrogen-bond donors (Lipinski definition) is 0. The molecule has 0 saturated heterocycles. The number of benzene rings is 2. The fraction of sp³-hybridized carbons (Fsp3) is 0. The Morgan fingerprint density at radius 1 is 0.625 bits per heavy atom. The van der Waals surface area contributed by atoms with E-state index in [0.717, 1.165) is 0 Å². The Morgan fingerprint density at radius 2 is 1.00 bits per heavy atom. The first kappa shape index (κ1) is 15.8. The maximum atomic E-state index is 2.24. The van der Waals surface area contributed by atoms with E-state index in [4.69, 9.17) is 0 Å². The third-order valence-electron chi connectivity index (χ3n) is 2.52. The summed E-state index contributed by atoms with van der Waals surface area (Å²) in [5.74, 6) is 0. The van der Waals surface area contributed by atoms with E-state index in [1.165, 1.54) is 21.5 Å². The SMILES string of the molecule is [Cl-].[Cl-].[Zr+3].c1ccc2c(c1)[cH-]c1ccccc12. The van der Waals surface area contributed by atoms with Gasteiger partial charge in [0.1, 0.15) is 0 Å². The summed E-state index contributed by atoms with van der Waals surface area (Å²) < 4.78 is 0. The second-order valence-corrected chi connectivity index (χ2v) is 3.32. The Labute approximate surface area is 126 Å². The van der Waals surface area contributed by atoms with Crippen molar-refractivity contribution in [1.82, 2.24) is 0 Å². The average molecular weight is 327 g/mol. The van der Waals surface area contributed by atoms with Crippen molar-refractivity contribution in [2.75, 3.05) is 0 Å². The Kier molecular flexibility index (Phi) is 6.40. The Balaban J connectivity index is 0.000000750. The van der Waals surface area contributed by atoms with Crippen molar-refractivity contribution in [3.8, 4) is 0 Å². The zero-order valence-electron chi connectivity index (χ0n) is 8.45. The van der Waals surface area contributed by atoms with Crippen LogP contribution in [0.3, 0.4) is 0 Å². The predicted octanol–water partition coefficient (Wildman–Crippen LogP) is -2.28. The van der Waals surface area contributed by atoms with Crippen molar-refractivity contribution in [1.29, 1.82) is 0 Å². The molecule has 0 aliphatic rings. The molecule has 0 bridgehead atoms. The van der Waals surface area contributed by atoms with Crippen LogP contribution in [0.2, 0.25) is 0 Å². The van der Waals surface area contributed by atoms with Crippen LogP contribution < -0.4 is 24.8 Å². The van der Waals surface area contributed by atoms with E-state index >= 15 is 0 Å². The first-order chi connectivity index (χ1) is 6.45. The molecule has 0 saturated carbocycles. The molecule has 3 aromatic carbocycles. The van der Waals surface area contributed by atoms with Gasteiger partial charge in [0.15, 0.2) is 0 Å². The Morgan fingerprint density at radius 3 is 1.44 bits per heavy atom. The van der Waals surface area contributed by atoms with Crippen molar-refractivity contribution in [3.05, 3.63) is 54.6 Å². The second kappa shape index (κ2) is 6.49. The molecule has 0 aliphatic carbocycles. The Hall–Kier alpha value is -0.227. The fourth-order valence-electron chi connectivity index (χ4n) is 1.90. The van der Waals surface area contributed by atoms with E-state index in [1.807, 2.05) is 0 Å². The number of rotatable bonds is 0. The van der Waals surface area contributed by atoms with Crippen LogP contribution in [0.1, 0.15) is 0 Å². The van der Waals surface area contributed by atoms with Gasteiger partial charge >= 0.3 is 26.2 Å². The number of hydrogen-bond acceptors (Lipinski definition) is 0. The van der Waals surface area contributed by atoms with Gasteiger partial charge in [0.05, 0.1) is 0 Å². The summed E-state index contributed by atoms with van der Waals surface area (Å²) in [5.41, 5.74) is 0. The van der Waals surface area contributed by atoms with Crippen LogP contribution in [0, 0.1) is 0 Å². The molecule has 3 heteroatoms. The smallest absolute Gasteiger partial charge is 1.00 e. The van der Waals surface area contributed by atoms with Crippen LogP contribution in [0.15, 0.2) is 54.6 Å². The van der Waals surface area contributed by atoms with Gasteiger partial charge in [-0.3, -0.25) is 0 Å². The Bertz CT molecular complexity index is 522. The van der Waals surface area contributed by atoms with E-state index < -0.39 is 0 Å². The van der Waals surface area contributed by atoms with E-state index in [-0.39, 0.29) is 51.0 Å². The zero-order valence-corrected chi connectivity index (χ0v) is 12.4.